The zero-order valence-corrected chi connectivity index (χ0v) is 11.4. The minimum Gasteiger partial charge on any atom is -0.383 e. The number of hydrogen-bond donors (Lipinski definition) is 2. The number of hydrogen-bond acceptors (Lipinski definition) is 3. The summed E-state index contributed by atoms with van der Waals surface area (Å²) >= 11 is 2.98. The lowest BCUT2D eigenvalue weighted by Gasteiger charge is -2.09. The third-order valence-electron chi connectivity index (χ3n) is 1.77. The van der Waals surface area contributed by atoms with Crippen LogP contribution in [-0.2, 0) is 14.9 Å². The second-order valence-corrected chi connectivity index (χ2v) is 5.48. The van der Waals surface area contributed by atoms with E-state index >= 15 is 0 Å². The highest BCUT2D eigenvalue weighted by molar-refractivity contribution is 9.10. The van der Waals surface area contributed by atoms with Crippen LogP contribution < -0.4 is 9.44 Å². The van der Waals surface area contributed by atoms with E-state index in [0.29, 0.717) is 0 Å². The smallest absolute Gasteiger partial charge is 0.299 e. The van der Waals surface area contributed by atoms with Crippen molar-refractivity contribution in [3.8, 4) is 0 Å². The summed E-state index contributed by atoms with van der Waals surface area (Å²) in [5.74, 6) is -0.540. The first-order chi connectivity index (χ1) is 7.94. The summed E-state index contributed by atoms with van der Waals surface area (Å²) < 4.78 is 45.5. The van der Waals surface area contributed by atoms with Crippen LogP contribution in [0.15, 0.2) is 22.7 Å². The molecule has 0 amide bonds. The first kappa shape index (κ1) is 14.4. The first-order valence-electron chi connectivity index (χ1n) is 4.66. The predicted molar refractivity (Wildman–Crippen MR) is 66.5 cm³/mol. The van der Waals surface area contributed by atoms with Crippen molar-refractivity contribution in [3.63, 3.8) is 0 Å². The lowest BCUT2D eigenvalue weighted by molar-refractivity contribution is 0.204. The predicted octanol–water partition coefficient (Wildman–Crippen LogP) is 1.48. The van der Waals surface area contributed by atoms with Gasteiger partial charge >= 0.3 is 0 Å². The van der Waals surface area contributed by atoms with Crippen molar-refractivity contribution in [1.82, 2.24) is 4.72 Å². The average molecular weight is 327 g/mol. The molecule has 8 heteroatoms. The maximum Gasteiger partial charge on any atom is 0.299 e. The van der Waals surface area contributed by atoms with E-state index in [1.54, 1.807) is 0 Å². The van der Waals surface area contributed by atoms with Crippen LogP contribution in [0.5, 0.6) is 0 Å². The molecule has 0 bridgehead atoms. The Bertz CT molecular complexity index is 481. The molecule has 1 rings (SSSR count). The van der Waals surface area contributed by atoms with E-state index in [9.17, 15) is 12.8 Å². The SMILES string of the molecule is COCCNS(=O)(=O)Nc1ccc(Br)c(F)c1. The normalized spacial score (nSPS) is 11.5. The van der Waals surface area contributed by atoms with E-state index in [1.165, 1.54) is 19.2 Å². The van der Waals surface area contributed by atoms with Crippen molar-refractivity contribution in [1.29, 1.82) is 0 Å². The van der Waals surface area contributed by atoms with E-state index < -0.39 is 16.0 Å². The van der Waals surface area contributed by atoms with Crippen LogP contribution >= 0.6 is 15.9 Å². The molecule has 0 fully saturated rings. The van der Waals surface area contributed by atoms with Gasteiger partial charge in [0.25, 0.3) is 10.2 Å². The Hall–Kier alpha value is -0.700. The van der Waals surface area contributed by atoms with Gasteiger partial charge in [0.05, 0.1) is 16.8 Å². The Morgan fingerprint density at radius 2 is 2.18 bits per heavy atom. The van der Waals surface area contributed by atoms with Crippen LogP contribution in [0, 0.1) is 5.82 Å². The Balaban J connectivity index is 2.66. The number of anilines is 1. The Morgan fingerprint density at radius 3 is 2.76 bits per heavy atom. The summed E-state index contributed by atoms with van der Waals surface area (Å²) in [6, 6.07) is 3.95. The van der Waals surface area contributed by atoms with Crippen LogP contribution in [0.2, 0.25) is 0 Å². The summed E-state index contributed by atoms with van der Waals surface area (Å²) in [4.78, 5) is 0. The van der Waals surface area contributed by atoms with Crippen LogP contribution in [0.1, 0.15) is 0 Å². The molecule has 0 saturated carbocycles. The quantitative estimate of drug-likeness (QED) is 0.778. The lowest BCUT2D eigenvalue weighted by Crippen LogP contribution is -2.32. The van der Waals surface area contributed by atoms with Crippen LogP contribution in [-0.4, -0.2) is 28.7 Å². The topological polar surface area (TPSA) is 67.4 Å². The minimum atomic E-state index is -3.70. The van der Waals surface area contributed by atoms with E-state index in [-0.39, 0.29) is 23.3 Å². The van der Waals surface area contributed by atoms with Gasteiger partial charge in [-0.2, -0.15) is 13.1 Å². The molecule has 1 aromatic rings. The van der Waals surface area contributed by atoms with E-state index in [2.05, 4.69) is 25.4 Å². The second kappa shape index (κ2) is 6.29. The highest BCUT2D eigenvalue weighted by atomic mass is 79.9. The molecule has 17 heavy (non-hydrogen) atoms. The van der Waals surface area contributed by atoms with Gasteiger partial charge in [-0.3, -0.25) is 4.72 Å². The van der Waals surface area contributed by atoms with Crippen molar-refractivity contribution in [2.75, 3.05) is 25.0 Å². The Labute approximate surface area is 108 Å². The first-order valence-corrected chi connectivity index (χ1v) is 6.93. The maximum atomic E-state index is 13.1. The molecule has 5 nitrogen and oxygen atoms in total. The molecule has 0 radical (unpaired) electrons. The fourth-order valence-corrected chi connectivity index (χ4v) is 2.14. The summed E-state index contributed by atoms with van der Waals surface area (Å²) in [5.41, 5.74) is 0.149. The fourth-order valence-electron chi connectivity index (χ4n) is 1.03. The molecule has 2 N–H and O–H groups in total. The molecular weight excluding hydrogens is 315 g/mol. The van der Waals surface area contributed by atoms with Gasteiger partial charge in [-0.15, -0.1) is 0 Å². The van der Waals surface area contributed by atoms with Crippen molar-refractivity contribution >= 4 is 31.8 Å². The van der Waals surface area contributed by atoms with E-state index in [1.807, 2.05) is 0 Å². The maximum absolute atomic E-state index is 13.1. The fraction of sp³-hybridized carbons (Fsp3) is 0.333. The number of nitrogens with one attached hydrogen (secondary N) is 2. The largest absolute Gasteiger partial charge is 0.383 e. The molecule has 0 aromatic heterocycles. The van der Waals surface area contributed by atoms with Gasteiger partial charge in [0.1, 0.15) is 5.82 Å². The van der Waals surface area contributed by atoms with Crippen LogP contribution in [0.3, 0.4) is 0 Å². The summed E-state index contributed by atoms with van der Waals surface area (Å²) in [6.07, 6.45) is 0. The van der Waals surface area contributed by atoms with Gasteiger partial charge in [0, 0.05) is 13.7 Å². The van der Waals surface area contributed by atoms with Gasteiger partial charge in [-0.1, -0.05) is 0 Å². The molecule has 0 saturated heterocycles. The van der Waals surface area contributed by atoms with Crippen molar-refractivity contribution in [2.45, 2.75) is 0 Å². The molecule has 1 aromatic carbocycles. The molecule has 0 aliphatic carbocycles. The highest BCUT2D eigenvalue weighted by Gasteiger charge is 2.10. The number of rotatable bonds is 6. The number of halogens is 2. The van der Waals surface area contributed by atoms with E-state index in [4.69, 9.17) is 4.74 Å². The molecule has 0 unspecified atom stereocenters. The third kappa shape index (κ3) is 4.99. The number of methoxy groups -OCH3 is 1. The van der Waals surface area contributed by atoms with Gasteiger partial charge in [0.15, 0.2) is 0 Å². The summed E-state index contributed by atoms with van der Waals surface area (Å²) in [7, 11) is -2.23. The zero-order valence-electron chi connectivity index (χ0n) is 9.04. The molecule has 0 atom stereocenters. The van der Waals surface area contributed by atoms with Crippen molar-refractivity contribution in [2.24, 2.45) is 0 Å². The van der Waals surface area contributed by atoms with Crippen LogP contribution in [0.25, 0.3) is 0 Å². The Morgan fingerprint density at radius 1 is 1.47 bits per heavy atom. The second-order valence-electron chi connectivity index (χ2n) is 3.12. The monoisotopic (exact) mass is 326 g/mol. The van der Waals surface area contributed by atoms with Gasteiger partial charge in [-0.05, 0) is 34.1 Å². The number of ether oxygens (including phenoxy) is 1. The zero-order chi connectivity index (χ0) is 12.9. The van der Waals surface area contributed by atoms with Crippen molar-refractivity contribution in [3.05, 3.63) is 28.5 Å². The van der Waals surface area contributed by atoms with Gasteiger partial charge < -0.3 is 4.74 Å². The lowest BCUT2D eigenvalue weighted by atomic mass is 10.3. The van der Waals surface area contributed by atoms with Gasteiger partial charge in [-0.25, -0.2) is 4.39 Å². The average Bonchev–Trinajstić information content (AvgIpc) is 2.23. The van der Waals surface area contributed by atoms with Crippen molar-refractivity contribution < 1.29 is 17.5 Å². The molecule has 0 aliphatic rings. The molecular formula is C9H12BrFN2O3S. The summed E-state index contributed by atoms with van der Waals surface area (Å²) in [6.45, 7) is 0.403. The third-order valence-corrected chi connectivity index (χ3v) is 3.50. The molecule has 0 aliphatic heterocycles. The molecule has 96 valence electrons. The van der Waals surface area contributed by atoms with E-state index in [0.717, 1.165) is 6.07 Å². The standard InChI is InChI=1S/C9H12BrFN2O3S/c1-16-5-4-12-17(14,15)13-7-2-3-8(10)9(11)6-7/h2-3,6,12-13H,4-5H2,1H3. The minimum absolute atomic E-state index is 0.144. The molecule has 0 heterocycles. The highest BCUT2D eigenvalue weighted by Crippen LogP contribution is 2.19. The molecule has 0 spiro atoms. The number of benzene rings is 1. The summed E-state index contributed by atoms with van der Waals surface area (Å²) in [5, 5.41) is 0. The Kier molecular flexibility index (Phi) is 5.31. The van der Waals surface area contributed by atoms with Crippen LogP contribution in [0.4, 0.5) is 10.1 Å². The van der Waals surface area contributed by atoms with Gasteiger partial charge in [0.2, 0.25) is 0 Å².